The van der Waals surface area contributed by atoms with Crippen molar-refractivity contribution >= 4 is 5.91 Å². The van der Waals surface area contributed by atoms with Gasteiger partial charge in [0.15, 0.2) is 0 Å². The molecule has 2 rings (SSSR count). The first kappa shape index (κ1) is 16.0. The van der Waals surface area contributed by atoms with Gasteiger partial charge in [0.05, 0.1) is 17.8 Å². The zero-order valence-corrected chi connectivity index (χ0v) is 13.5. The second kappa shape index (κ2) is 7.59. The van der Waals surface area contributed by atoms with E-state index >= 15 is 0 Å². The van der Waals surface area contributed by atoms with Crippen molar-refractivity contribution in [2.45, 2.75) is 65.1 Å². The number of hydrogen-bond donors (Lipinski definition) is 1. The van der Waals surface area contributed by atoms with Crippen LogP contribution in [0.4, 0.5) is 0 Å². The van der Waals surface area contributed by atoms with E-state index in [1.165, 1.54) is 25.7 Å². The van der Waals surface area contributed by atoms with Crippen LogP contribution < -0.4 is 5.32 Å². The third-order valence-electron chi connectivity index (χ3n) is 4.40. The van der Waals surface area contributed by atoms with Gasteiger partial charge in [-0.1, -0.05) is 12.8 Å². The number of rotatable bonds is 7. The van der Waals surface area contributed by atoms with Crippen LogP contribution in [0.1, 0.15) is 58.2 Å². The summed E-state index contributed by atoms with van der Waals surface area (Å²) >= 11 is 0. The highest BCUT2D eigenvalue weighted by atomic mass is 16.2. The van der Waals surface area contributed by atoms with Crippen molar-refractivity contribution in [2.24, 2.45) is 0 Å². The van der Waals surface area contributed by atoms with E-state index in [9.17, 15) is 4.79 Å². The third kappa shape index (κ3) is 4.06. The summed E-state index contributed by atoms with van der Waals surface area (Å²) in [7, 11) is 0. The van der Waals surface area contributed by atoms with E-state index in [1.807, 2.05) is 25.7 Å². The summed E-state index contributed by atoms with van der Waals surface area (Å²) in [4.78, 5) is 14.0. The molecule has 0 aromatic carbocycles. The Morgan fingerprint density at radius 2 is 2.10 bits per heavy atom. The summed E-state index contributed by atoms with van der Waals surface area (Å²) in [6.45, 7) is 8.12. The highest BCUT2D eigenvalue weighted by Crippen LogP contribution is 2.28. The Balaban J connectivity index is 1.83. The largest absolute Gasteiger partial charge is 0.342 e. The van der Waals surface area contributed by atoms with Crippen LogP contribution in [0.25, 0.3) is 0 Å². The lowest BCUT2D eigenvalue weighted by molar-refractivity contribution is -0.132. The maximum atomic E-state index is 12.2. The molecule has 21 heavy (non-hydrogen) atoms. The maximum absolute atomic E-state index is 12.2. The fraction of sp³-hybridized carbons (Fsp3) is 0.750. The highest BCUT2D eigenvalue weighted by Gasteiger charge is 2.19. The number of aromatic nitrogens is 2. The van der Waals surface area contributed by atoms with E-state index in [4.69, 9.17) is 0 Å². The summed E-state index contributed by atoms with van der Waals surface area (Å²) in [5.74, 6) is 0.162. The summed E-state index contributed by atoms with van der Waals surface area (Å²) < 4.78 is 2.10. The van der Waals surface area contributed by atoms with E-state index in [1.54, 1.807) is 0 Å². The average molecular weight is 292 g/mol. The van der Waals surface area contributed by atoms with E-state index < -0.39 is 0 Å². The number of likely N-dealkylation sites (N-methyl/N-ethyl adjacent to an activating group) is 1. The molecule has 1 aromatic heterocycles. The Kier molecular flexibility index (Phi) is 5.79. The van der Waals surface area contributed by atoms with Gasteiger partial charge in [-0.3, -0.25) is 9.48 Å². The molecule has 1 unspecified atom stereocenters. The summed E-state index contributed by atoms with van der Waals surface area (Å²) in [5.41, 5.74) is 1.01. The molecule has 0 aliphatic heterocycles. The number of nitrogens with one attached hydrogen (secondary N) is 1. The van der Waals surface area contributed by atoms with Crippen LogP contribution in [0.3, 0.4) is 0 Å². The van der Waals surface area contributed by atoms with Crippen LogP contribution >= 0.6 is 0 Å². The van der Waals surface area contributed by atoms with Gasteiger partial charge in [0.25, 0.3) is 0 Å². The Bertz CT molecular complexity index is 447. The van der Waals surface area contributed by atoms with Crippen molar-refractivity contribution < 1.29 is 4.79 Å². The minimum atomic E-state index is -0.165. The second-order valence-electron chi connectivity index (χ2n) is 5.84. The monoisotopic (exact) mass is 292 g/mol. The SMILES string of the molecule is CCN(CC)C(=O)C(C)NCc1ccn(C2CCCC2)n1. The molecule has 1 N–H and O–H groups in total. The Morgan fingerprint density at radius 1 is 1.43 bits per heavy atom. The first-order valence-corrected chi connectivity index (χ1v) is 8.21. The first-order valence-electron chi connectivity index (χ1n) is 8.21. The van der Waals surface area contributed by atoms with Crippen LogP contribution in [0.2, 0.25) is 0 Å². The lowest BCUT2D eigenvalue weighted by Crippen LogP contribution is -2.44. The topological polar surface area (TPSA) is 50.2 Å². The lowest BCUT2D eigenvalue weighted by Gasteiger charge is -2.23. The zero-order chi connectivity index (χ0) is 15.2. The molecule has 1 amide bonds. The van der Waals surface area contributed by atoms with Crippen LogP contribution in [-0.2, 0) is 11.3 Å². The predicted octanol–water partition coefficient (Wildman–Crippen LogP) is 2.34. The van der Waals surface area contributed by atoms with Crippen molar-refractivity contribution in [3.05, 3.63) is 18.0 Å². The van der Waals surface area contributed by atoms with Crippen LogP contribution in [0.15, 0.2) is 12.3 Å². The molecular weight excluding hydrogens is 264 g/mol. The highest BCUT2D eigenvalue weighted by molar-refractivity contribution is 5.81. The molecule has 5 nitrogen and oxygen atoms in total. The van der Waals surface area contributed by atoms with Gasteiger partial charge < -0.3 is 10.2 Å². The molecule has 0 radical (unpaired) electrons. The fourth-order valence-corrected chi connectivity index (χ4v) is 3.00. The molecule has 0 saturated heterocycles. The predicted molar refractivity (Wildman–Crippen MR) is 84.0 cm³/mol. The minimum Gasteiger partial charge on any atom is -0.342 e. The molecule has 5 heteroatoms. The summed E-state index contributed by atoms with van der Waals surface area (Å²) in [5, 5.41) is 7.92. The first-order chi connectivity index (χ1) is 10.2. The zero-order valence-electron chi connectivity index (χ0n) is 13.5. The van der Waals surface area contributed by atoms with Gasteiger partial charge in [-0.15, -0.1) is 0 Å². The molecule has 0 spiro atoms. The minimum absolute atomic E-state index is 0.162. The van der Waals surface area contributed by atoms with Gasteiger partial charge in [-0.25, -0.2) is 0 Å². The van der Waals surface area contributed by atoms with E-state index in [0.717, 1.165) is 18.8 Å². The normalized spacial score (nSPS) is 17.1. The lowest BCUT2D eigenvalue weighted by atomic mass is 10.2. The van der Waals surface area contributed by atoms with Gasteiger partial charge >= 0.3 is 0 Å². The number of carbonyl (C=O) groups is 1. The van der Waals surface area contributed by atoms with Gasteiger partial charge in [-0.05, 0) is 39.7 Å². The van der Waals surface area contributed by atoms with Crippen LogP contribution in [0.5, 0.6) is 0 Å². The van der Waals surface area contributed by atoms with Gasteiger partial charge in [0.1, 0.15) is 0 Å². The van der Waals surface area contributed by atoms with Crippen molar-refractivity contribution in [3.63, 3.8) is 0 Å². The Hall–Kier alpha value is -1.36. The molecule has 1 atom stereocenters. The number of nitrogens with zero attached hydrogens (tertiary/aromatic N) is 3. The van der Waals surface area contributed by atoms with Gasteiger partial charge in [0, 0.05) is 25.8 Å². The number of amides is 1. The standard InChI is InChI=1S/C16H28N4O/c1-4-19(5-2)16(21)13(3)17-12-14-10-11-20(18-14)15-8-6-7-9-15/h10-11,13,15,17H,4-9,12H2,1-3H3. The van der Waals surface area contributed by atoms with Gasteiger partial charge in [0.2, 0.25) is 5.91 Å². The Labute approximate surface area is 127 Å². The van der Waals surface area contributed by atoms with Crippen molar-refractivity contribution in [1.29, 1.82) is 0 Å². The number of hydrogen-bond acceptors (Lipinski definition) is 3. The molecule has 1 aliphatic carbocycles. The molecule has 118 valence electrons. The molecule has 0 bridgehead atoms. The molecular formula is C16H28N4O. The average Bonchev–Trinajstić information content (AvgIpc) is 3.16. The smallest absolute Gasteiger partial charge is 0.239 e. The van der Waals surface area contributed by atoms with Crippen molar-refractivity contribution in [1.82, 2.24) is 20.0 Å². The molecule has 1 fully saturated rings. The Morgan fingerprint density at radius 3 is 2.71 bits per heavy atom. The number of carbonyl (C=O) groups excluding carboxylic acids is 1. The fourth-order valence-electron chi connectivity index (χ4n) is 3.00. The maximum Gasteiger partial charge on any atom is 0.239 e. The summed E-state index contributed by atoms with van der Waals surface area (Å²) in [6, 6.07) is 2.47. The van der Waals surface area contributed by atoms with Gasteiger partial charge in [-0.2, -0.15) is 5.10 Å². The van der Waals surface area contributed by atoms with E-state index in [0.29, 0.717) is 12.6 Å². The molecule has 1 saturated carbocycles. The quantitative estimate of drug-likeness (QED) is 0.839. The third-order valence-corrected chi connectivity index (χ3v) is 4.40. The van der Waals surface area contributed by atoms with Crippen molar-refractivity contribution in [3.8, 4) is 0 Å². The van der Waals surface area contributed by atoms with Crippen LogP contribution in [0, 0.1) is 0 Å². The molecule has 1 aromatic rings. The second-order valence-corrected chi connectivity index (χ2v) is 5.84. The summed E-state index contributed by atoms with van der Waals surface area (Å²) in [6.07, 6.45) is 7.18. The molecule has 1 heterocycles. The molecule has 1 aliphatic rings. The van der Waals surface area contributed by atoms with E-state index in [2.05, 4.69) is 27.4 Å². The van der Waals surface area contributed by atoms with Crippen molar-refractivity contribution in [2.75, 3.05) is 13.1 Å². The van der Waals surface area contributed by atoms with E-state index in [-0.39, 0.29) is 11.9 Å². The van der Waals surface area contributed by atoms with Crippen LogP contribution in [-0.4, -0.2) is 39.7 Å².